The predicted molar refractivity (Wildman–Crippen MR) is 145 cm³/mol. The first kappa shape index (κ1) is 24.8. The van der Waals surface area contributed by atoms with Crippen molar-refractivity contribution < 1.29 is 19.2 Å². The summed E-state index contributed by atoms with van der Waals surface area (Å²) in [6.45, 7) is 7.93. The Bertz CT molecular complexity index is 1510. The van der Waals surface area contributed by atoms with Gasteiger partial charge in [0.05, 0.1) is 0 Å². The van der Waals surface area contributed by atoms with E-state index >= 15 is 0 Å². The minimum atomic E-state index is -1.34. The number of ketones is 3. The highest BCUT2D eigenvalue weighted by atomic mass is 16.2. The maximum atomic E-state index is 14.3. The number of H-pyrrole nitrogens is 1. The molecule has 0 bridgehead atoms. The molecular formula is C32H34N2O4. The molecule has 6 nitrogen and oxygen atoms in total. The molecule has 6 rings (SSSR count). The van der Waals surface area contributed by atoms with Crippen LogP contribution in [-0.2, 0) is 31.0 Å². The molecule has 1 spiro atoms. The van der Waals surface area contributed by atoms with Gasteiger partial charge in [0.1, 0.15) is 11.2 Å². The van der Waals surface area contributed by atoms with Crippen LogP contribution in [0.15, 0.2) is 59.7 Å². The van der Waals surface area contributed by atoms with E-state index < -0.39 is 28.3 Å². The highest BCUT2D eigenvalue weighted by Crippen LogP contribution is 2.63. The van der Waals surface area contributed by atoms with E-state index in [1.807, 2.05) is 37.3 Å². The number of Topliss-reactive ketones (excluding diaryl/α,β-unsaturated/α-hetero) is 3. The van der Waals surface area contributed by atoms with Gasteiger partial charge < -0.3 is 10.3 Å². The number of aromatic nitrogens is 1. The van der Waals surface area contributed by atoms with Crippen molar-refractivity contribution in [2.24, 2.45) is 23.2 Å². The van der Waals surface area contributed by atoms with Crippen molar-refractivity contribution in [1.29, 1.82) is 0 Å². The van der Waals surface area contributed by atoms with Gasteiger partial charge in [-0.05, 0) is 56.7 Å². The van der Waals surface area contributed by atoms with Crippen molar-refractivity contribution in [2.75, 3.05) is 0 Å². The molecular weight excluding hydrogens is 476 g/mol. The standard InChI is InChI=1S/C32H34N2O4/c1-17-8-7-9-20-15-19(3)31(4)28-24(16-22-21-10-5-6-11-23(21)33-29(22)31)34-30(38)32(20,28)26(36)13-12-25(35)27(37)18(2)14-17/h5-7,9-11,14-15,17,20,24,28,33H,8,12-13,16H2,1-4H3,(H,34,38). The highest BCUT2D eigenvalue weighted by Gasteiger charge is 2.71. The van der Waals surface area contributed by atoms with Crippen LogP contribution in [0, 0.1) is 23.2 Å². The molecule has 1 fully saturated rings. The van der Waals surface area contributed by atoms with Crippen LogP contribution in [0.3, 0.4) is 0 Å². The number of allylic oxidation sites excluding steroid dienone is 6. The molecule has 2 aromatic rings. The number of rotatable bonds is 0. The third-order valence-electron chi connectivity index (χ3n) is 9.78. The molecule has 6 heteroatoms. The zero-order chi connectivity index (χ0) is 27.0. The lowest BCUT2D eigenvalue weighted by Gasteiger charge is -2.53. The number of benzene rings is 1. The van der Waals surface area contributed by atoms with Gasteiger partial charge in [-0.15, -0.1) is 0 Å². The Morgan fingerprint density at radius 3 is 2.55 bits per heavy atom. The quantitative estimate of drug-likeness (QED) is 0.305. The molecule has 1 saturated heterocycles. The Labute approximate surface area is 222 Å². The Hall–Kier alpha value is -3.54. The lowest BCUT2D eigenvalue weighted by atomic mass is 9.46. The van der Waals surface area contributed by atoms with E-state index in [-0.39, 0.29) is 42.4 Å². The van der Waals surface area contributed by atoms with Gasteiger partial charge >= 0.3 is 0 Å². The maximum Gasteiger partial charge on any atom is 0.235 e. The number of aromatic amines is 1. The zero-order valence-electron chi connectivity index (χ0n) is 22.4. The molecule has 6 atom stereocenters. The van der Waals surface area contributed by atoms with Crippen LogP contribution in [0.5, 0.6) is 0 Å². The summed E-state index contributed by atoms with van der Waals surface area (Å²) in [6.07, 6.45) is 8.95. The van der Waals surface area contributed by atoms with Gasteiger partial charge in [-0.3, -0.25) is 19.2 Å². The van der Waals surface area contributed by atoms with Gasteiger partial charge in [0.2, 0.25) is 17.5 Å². The van der Waals surface area contributed by atoms with Crippen molar-refractivity contribution in [3.8, 4) is 0 Å². The number of carbonyl (C=O) groups excluding carboxylic acids is 4. The van der Waals surface area contributed by atoms with E-state index in [0.717, 1.165) is 22.2 Å². The second-order valence-corrected chi connectivity index (χ2v) is 11.9. The Morgan fingerprint density at radius 1 is 1.00 bits per heavy atom. The predicted octanol–water partition coefficient (Wildman–Crippen LogP) is 4.69. The summed E-state index contributed by atoms with van der Waals surface area (Å²) >= 11 is 0. The van der Waals surface area contributed by atoms with Crippen LogP contribution < -0.4 is 5.32 Å². The van der Waals surface area contributed by atoms with Gasteiger partial charge in [0.25, 0.3) is 0 Å². The Kier molecular flexibility index (Phi) is 5.53. The van der Waals surface area contributed by atoms with Crippen molar-refractivity contribution >= 4 is 34.2 Å². The van der Waals surface area contributed by atoms with E-state index in [2.05, 4.69) is 42.4 Å². The molecule has 38 heavy (non-hydrogen) atoms. The molecule has 1 aromatic carbocycles. The molecule has 196 valence electrons. The first-order valence-electron chi connectivity index (χ1n) is 13.7. The SMILES string of the molecule is CC1=CC(C)CC=CC2C=C(C)C3(C)c4[nH]c5ccccc5c4CC4NC(=O)C2(C(=O)CCC(=O)C1=O)C43. The molecule has 0 saturated carbocycles. The van der Waals surface area contributed by atoms with Gasteiger partial charge in [0, 0.05) is 52.7 Å². The summed E-state index contributed by atoms with van der Waals surface area (Å²) < 4.78 is 0. The minimum absolute atomic E-state index is 0.0445. The smallest absolute Gasteiger partial charge is 0.235 e. The number of fused-ring (bicyclic) bond motifs is 4. The van der Waals surface area contributed by atoms with Crippen molar-refractivity contribution in [1.82, 2.24) is 10.3 Å². The molecule has 4 aliphatic rings. The van der Waals surface area contributed by atoms with Crippen molar-refractivity contribution in [2.45, 2.75) is 64.8 Å². The van der Waals surface area contributed by atoms with Crippen LogP contribution >= 0.6 is 0 Å². The second-order valence-electron chi connectivity index (χ2n) is 11.9. The number of hydrogen-bond donors (Lipinski definition) is 2. The first-order valence-corrected chi connectivity index (χ1v) is 13.7. The molecule has 3 aliphatic carbocycles. The molecule has 2 heterocycles. The highest BCUT2D eigenvalue weighted by molar-refractivity contribution is 6.43. The van der Waals surface area contributed by atoms with E-state index in [0.29, 0.717) is 18.4 Å². The van der Waals surface area contributed by atoms with Crippen LogP contribution in [0.25, 0.3) is 10.9 Å². The average molecular weight is 511 g/mol. The monoisotopic (exact) mass is 510 g/mol. The number of nitrogens with one attached hydrogen (secondary N) is 2. The van der Waals surface area contributed by atoms with Gasteiger partial charge in [-0.1, -0.05) is 55.0 Å². The first-order chi connectivity index (χ1) is 18.1. The number of hydrogen-bond acceptors (Lipinski definition) is 4. The summed E-state index contributed by atoms with van der Waals surface area (Å²) in [4.78, 5) is 57.6. The second kappa shape index (κ2) is 8.48. The fourth-order valence-electron chi connectivity index (χ4n) is 7.93. The lowest BCUT2D eigenvalue weighted by Crippen LogP contribution is -2.59. The molecule has 1 aliphatic heterocycles. The molecule has 1 aromatic heterocycles. The van der Waals surface area contributed by atoms with Gasteiger partial charge in [0.15, 0.2) is 0 Å². The number of para-hydroxylation sites is 1. The van der Waals surface area contributed by atoms with Crippen LogP contribution in [0.4, 0.5) is 0 Å². The molecule has 2 N–H and O–H groups in total. The normalized spacial score (nSPS) is 35.3. The average Bonchev–Trinajstić information content (AvgIpc) is 3.41. The third kappa shape index (κ3) is 3.18. The summed E-state index contributed by atoms with van der Waals surface area (Å²) in [5.74, 6) is -2.31. The zero-order valence-corrected chi connectivity index (χ0v) is 22.4. The third-order valence-corrected chi connectivity index (χ3v) is 9.78. The maximum absolute atomic E-state index is 14.3. The topological polar surface area (TPSA) is 96.1 Å². The summed E-state index contributed by atoms with van der Waals surface area (Å²) in [5, 5.41) is 4.39. The van der Waals surface area contributed by atoms with Crippen LogP contribution in [-0.4, -0.2) is 34.3 Å². The van der Waals surface area contributed by atoms with Crippen molar-refractivity contribution in [3.63, 3.8) is 0 Å². The van der Waals surface area contributed by atoms with Crippen molar-refractivity contribution in [3.05, 3.63) is 71.0 Å². The van der Waals surface area contributed by atoms with Gasteiger partial charge in [-0.2, -0.15) is 0 Å². The van der Waals surface area contributed by atoms with Crippen LogP contribution in [0.1, 0.15) is 58.2 Å². The van der Waals surface area contributed by atoms with Gasteiger partial charge in [-0.25, -0.2) is 0 Å². The summed E-state index contributed by atoms with van der Waals surface area (Å²) in [7, 11) is 0. The minimum Gasteiger partial charge on any atom is -0.357 e. The van der Waals surface area contributed by atoms with Crippen LogP contribution in [0.2, 0.25) is 0 Å². The largest absolute Gasteiger partial charge is 0.357 e. The van der Waals surface area contributed by atoms with E-state index in [4.69, 9.17) is 0 Å². The number of amides is 1. The number of carbonyl (C=O) groups is 4. The Morgan fingerprint density at radius 2 is 1.76 bits per heavy atom. The van der Waals surface area contributed by atoms with E-state index in [9.17, 15) is 19.2 Å². The fourth-order valence-corrected chi connectivity index (χ4v) is 7.93. The fraction of sp³-hybridized carbons (Fsp3) is 0.438. The van der Waals surface area contributed by atoms with E-state index in [1.165, 1.54) is 5.56 Å². The summed E-state index contributed by atoms with van der Waals surface area (Å²) in [5.41, 5.74) is 2.95. The summed E-state index contributed by atoms with van der Waals surface area (Å²) in [6, 6.07) is 8.00. The van der Waals surface area contributed by atoms with E-state index in [1.54, 1.807) is 6.92 Å². The molecule has 0 radical (unpaired) electrons. The molecule has 1 amide bonds. The lowest BCUT2D eigenvalue weighted by molar-refractivity contribution is -0.147. The Balaban J connectivity index is 1.56. The molecule has 6 unspecified atom stereocenters.